The number of carbonyl (C=O) groups is 5. The summed E-state index contributed by atoms with van der Waals surface area (Å²) in [6.07, 6.45) is 1.93. The molecular formula is C26H26BFN4O8. The van der Waals surface area contributed by atoms with E-state index in [1.54, 1.807) is 18.2 Å². The monoisotopic (exact) mass is 552 g/mol. The van der Waals surface area contributed by atoms with Gasteiger partial charge in [0.1, 0.15) is 23.2 Å². The van der Waals surface area contributed by atoms with E-state index in [1.807, 2.05) is 0 Å². The number of piperazine rings is 1. The number of hydrogen-bond donors (Lipinski definition) is 3. The molecule has 0 radical (unpaired) electrons. The minimum Gasteiger partial charge on any atom is -0.535 e. The van der Waals surface area contributed by atoms with E-state index in [2.05, 4.69) is 10.3 Å². The van der Waals surface area contributed by atoms with Crippen LogP contribution in [0.1, 0.15) is 53.8 Å². The molecule has 14 heteroatoms. The second-order valence-corrected chi connectivity index (χ2v) is 10.1. The topological polar surface area (TPSA) is 166 Å². The number of para-hydroxylation sites is 1. The Morgan fingerprint density at radius 1 is 1.27 bits per heavy atom. The number of carbonyl (C=O) groups excluding carboxylic acids is 5. The smallest absolute Gasteiger partial charge is 0.526 e. The summed E-state index contributed by atoms with van der Waals surface area (Å²) < 4.78 is 20.4. The maximum Gasteiger partial charge on any atom is 0.526 e. The number of rotatable bonds is 6. The first kappa shape index (κ1) is 27.2. The number of fused-ring (bicyclic) bond motifs is 2. The van der Waals surface area contributed by atoms with E-state index in [4.69, 9.17) is 4.65 Å². The molecule has 3 aliphatic heterocycles. The lowest BCUT2D eigenvalue weighted by molar-refractivity contribution is -0.155. The molecule has 2 fully saturated rings. The summed E-state index contributed by atoms with van der Waals surface area (Å²) in [5.41, 5.74) is 0.354. The number of imide groups is 1. The van der Waals surface area contributed by atoms with Gasteiger partial charge in [0.15, 0.2) is 17.4 Å². The molecule has 12 nitrogen and oxygen atoms in total. The normalized spacial score (nSPS) is 20.9. The Labute approximate surface area is 228 Å². The van der Waals surface area contributed by atoms with Crippen molar-refractivity contribution in [1.82, 2.24) is 20.1 Å². The Balaban J connectivity index is 1.39. The maximum absolute atomic E-state index is 14.9. The second kappa shape index (κ2) is 10.7. The molecular weight excluding hydrogens is 526 g/mol. The highest BCUT2D eigenvalue weighted by atomic mass is 19.1. The van der Waals surface area contributed by atoms with Crippen LogP contribution < -0.4 is 9.97 Å². The lowest BCUT2D eigenvalue weighted by atomic mass is 9.64. The first-order valence-electron chi connectivity index (χ1n) is 12.8. The van der Waals surface area contributed by atoms with Gasteiger partial charge in [0.05, 0.1) is 24.3 Å². The largest absolute Gasteiger partial charge is 0.535 e. The third-order valence-corrected chi connectivity index (χ3v) is 7.49. The molecule has 4 heterocycles. The van der Waals surface area contributed by atoms with Crippen LogP contribution in [0.5, 0.6) is 11.5 Å². The van der Waals surface area contributed by atoms with Gasteiger partial charge in [0, 0.05) is 24.8 Å². The molecule has 0 bridgehead atoms. The third-order valence-electron chi connectivity index (χ3n) is 7.49. The van der Waals surface area contributed by atoms with Crippen molar-refractivity contribution in [2.45, 2.75) is 50.5 Å². The summed E-state index contributed by atoms with van der Waals surface area (Å²) in [7, 11) is -1.49. The van der Waals surface area contributed by atoms with Crippen molar-refractivity contribution in [3.05, 3.63) is 53.1 Å². The minimum absolute atomic E-state index is 0.0761. The van der Waals surface area contributed by atoms with E-state index in [1.165, 1.54) is 11.8 Å². The lowest BCUT2D eigenvalue weighted by Crippen LogP contribution is -2.61. The van der Waals surface area contributed by atoms with Crippen molar-refractivity contribution in [1.29, 1.82) is 0 Å². The van der Waals surface area contributed by atoms with Crippen LogP contribution >= 0.6 is 0 Å². The van der Waals surface area contributed by atoms with Gasteiger partial charge in [-0.2, -0.15) is 0 Å². The number of amides is 4. The molecule has 1 aromatic carbocycles. The fraction of sp³-hybridized carbons (Fsp3) is 0.385. The standard InChI is InChI=1S/C26H26BFN4O8/c1-13(33)18-6-2-4-14-8-15(27(39)40-23(14)18)9-20(35)22(21-19(28)10-17(34)11-29-21)30-26(38)32-12-16-5-3-7-31(16)24(36)25(32)37/h2,4,6,10-11,15-16,22,34,39H,3,5,7-9,12H2,1H3,(H,30,38)/t15-,16+,22?/m1/s1. The van der Waals surface area contributed by atoms with Crippen LogP contribution in [0.2, 0.25) is 5.82 Å². The fourth-order valence-corrected chi connectivity index (χ4v) is 5.47. The van der Waals surface area contributed by atoms with E-state index in [-0.39, 0.29) is 36.1 Å². The zero-order valence-corrected chi connectivity index (χ0v) is 21.5. The highest BCUT2D eigenvalue weighted by Gasteiger charge is 2.45. The molecule has 208 valence electrons. The van der Waals surface area contributed by atoms with Crippen LogP contribution in [-0.2, 0) is 20.8 Å². The second-order valence-electron chi connectivity index (χ2n) is 10.1. The molecule has 3 aliphatic rings. The van der Waals surface area contributed by atoms with Crippen molar-refractivity contribution in [2.75, 3.05) is 13.1 Å². The number of benzene rings is 1. The quantitative estimate of drug-likeness (QED) is 0.271. The summed E-state index contributed by atoms with van der Waals surface area (Å²) in [5, 5.41) is 22.6. The molecule has 5 rings (SSSR count). The van der Waals surface area contributed by atoms with Crippen LogP contribution in [0, 0.1) is 5.82 Å². The molecule has 0 saturated carbocycles. The van der Waals surface area contributed by atoms with Crippen molar-refractivity contribution in [2.24, 2.45) is 0 Å². The highest BCUT2D eigenvalue weighted by Crippen LogP contribution is 2.37. The number of nitrogens with one attached hydrogen (secondary N) is 1. The van der Waals surface area contributed by atoms with Gasteiger partial charge in [-0.15, -0.1) is 0 Å². The first-order valence-corrected chi connectivity index (χ1v) is 12.8. The van der Waals surface area contributed by atoms with Crippen LogP contribution in [0.3, 0.4) is 0 Å². The maximum atomic E-state index is 14.9. The molecule has 0 spiro atoms. The number of halogens is 1. The summed E-state index contributed by atoms with van der Waals surface area (Å²) >= 11 is 0. The van der Waals surface area contributed by atoms with Crippen molar-refractivity contribution >= 4 is 36.5 Å². The van der Waals surface area contributed by atoms with Gasteiger partial charge < -0.3 is 25.0 Å². The van der Waals surface area contributed by atoms with Crippen molar-refractivity contribution in [3.63, 3.8) is 0 Å². The fourth-order valence-electron chi connectivity index (χ4n) is 5.47. The summed E-state index contributed by atoms with van der Waals surface area (Å²) in [5.74, 6) is -5.11. The van der Waals surface area contributed by atoms with E-state index in [0.29, 0.717) is 29.8 Å². The summed E-state index contributed by atoms with van der Waals surface area (Å²) in [4.78, 5) is 69.7. The van der Waals surface area contributed by atoms with E-state index >= 15 is 0 Å². The SMILES string of the molecule is CC(=O)c1cccc2c1OB(O)[C@@H](CC(=O)C(NC(=O)N1C[C@@H]3CCCN3C(=O)C1=O)c1ncc(O)cc1F)C2. The number of aromatic hydroxyl groups is 1. The molecule has 1 aromatic heterocycles. The summed E-state index contributed by atoms with van der Waals surface area (Å²) in [6, 6.07) is 2.49. The lowest BCUT2D eigenvalue weighted by Gasteiger charge is -2.35. The summed E-state index contributed by atoms with van der Waals surface area (Å²) in [6.45, 7) is 1.70. The Morgan fingerprint density at radius 2 is 2.05 bits per heavy atom. The van der Waals surface area contributed by atoms with Gasteiger partial charge in [0.2, 0.25) is 0 Å². The zero-order chi connectivity index (χ0) is 28.7. The average Bonchev–Trinajstić information content (AvgIpc) is 3.38. The molecule has 1 unspecified atom stereocenters. The highest BCUT2D eigenvalue weighted by molar-refractivity contribution is 6.47. The Hall–Kier alpha value is -4.33. The Bertz CT molecular complexity index is 1420. The van der Waals surface area contributed by atoms with Gasteiger partial charge in [-0.25, -0.2) is 9.18 Å². The van der Waals surface area contributed by atoms with E-state index < -0.39 is 66.3 Å². The first-order chi connectivity index (χ1) is 19.0. The molecule has 3 atom stereocenters. The average molecular weight is 552 g/mol. The molecule has 2 aromatic rings. The molecule has 4 amide bonds. The zero-order valence-electron chi connectivity index (χ0n) is 21.5. The van der Waals surface area contributed by atoms with Crippen LogP contribution in [0.25, 0.3) is 0 Å². The van der Waals surface area contributed by atoms with Crippen LogP contribution in [0.4, 0.5) is 9.18 Å². The van der Waals surface area contributed by atoms with Gasteiger partial charge in [0.25, 0.3) is 0 Å². The van der Waals surface area contributed by atoms with E-state index in [0.717, 1.165) is 12.3 Å². The van der Waals surface area contributed by atoms with Crippen molar-refractivity contribution in [3.8, 4) is 11.5 Å². The van der Waals surface area contributed by atoms with Gasteiger partial charge in [-0.1, -0.05) is 12.1 Å². The van der Waals surface area contributed by atoms with Crippen LogP contribution in [-0.4, -0.2) is 80.6 Å². The van der Waals surface area contributed by atoms with Gasteiger partial charge in [-0.3, -0.25) is 29.1 Å². The van der Waals surface area contributed by atoms with Crippen LogP contribution in [0.15, 0.2) is 30.5 Å². The molecule has 40 heavy (non-hydrogen) atoms. The number of urea groups is 1. The number of ketones is 2. The molecule has 3 N–H and O–H groups in total. The third kappa shape index (κ3) is 5.01. The molecule has 0 aliphatic carbocycles. The van der Waals surface area contributed by atoms with Crippen molar-refractivity contribution < 1.29 is 43.1 Å². The Morgan fingerprint density at radius 3 is 2.77 bits per heavy atom. The van der Waals surface area contributed by atoms with Gasteiger partial charge in [-0.05, 0) is 37.8 Å². The number of hydrogen-bond acceptors (Lipinski definition) is 9. The minimum atomic E-state index is -1.71. The number of Topliss-reactive ketones (excluding diaryl/α,β-unsaturated/α-hetero) is 2. The Kier molecular flexibility index (Phi) is 7.28. The number of nitrogens with zero attached hydrogens (tertiary/aromatic N) is 3. The predicted molar refractivity (Wildman–Crippen MR) is 136 cm³/mol. The van der Waals surface area contributed by atoms with E-state index in [9.17, 15) is 38.5 Å². The predicted octanol–water partition coefficient (Wildman–Crippen LogP) is 1.16. The molecule has 2 saturated heterocycles. The number of aromatic nitrogens is 1. The van der Waals surface area contributed by atoms with Gasteiger partial charge >= 0.3 is 25.0 Å². The number of pyridine rings is 1.